The number of aromatic nitrogens is 2. The van der Waals surface area contributed by atoms with Crippen LogP contribution < -0.4 is 14.8 Å². The van der Waals surface area contributed by atoms with Gasteiger partial charge in [0, 0.05) is 37.5 Å². The monoisotopic (exact) mass is 432 g/mol. The van der Waals surface area contributed by atoms with Gasteiger partial charge in [0.05, 0.1) is 19.7 Å². The maximum absolute atomic E-state index is 11.8. The summed E-state index contributed by atoms with van der Waals surface area (Å²) in [6, 6.07) is 13.8. The normalized spacial score (nSPS) is 13.8. The second kappa shape index (κ2) is 10.1. The zero-order valence-electron chi connectivity index (χ0n) is 18.5. The number of carbonyl (C=O) groups excluding carboxylic acids is 1. The maximum atomic E-state index is 11.8. The summed E-state index contributed by atoms with van der Waals surface area (Å²) in [5.41, 5.74) is 1.84. The first-order valence-corrected chi connectivity index (χ1v) is 10.9. The lowest BCUT2D eigenvalue weighted by molar-refractivity contribution is -0.127. The number of likely N-dealkylation sites (tertiary alicyclic amines) is 1. The minimum absolute atomic E-state index is 0.252. The number of methoxy groups -OCH3 is 2. The van der Waals surface area contributed by atoms with Gasteiger partial charge in [-0.2, -0.15) is 0 Å². The molecule has 0 atom stereocenters. The zero-order valence-corrected chi connectivity index (χ0v) is 18.5. The van der Waals surface area contributed by atoms with E-state index in [0.29, 0.717) is 30.3 Å². The molecule has 0 unspecified atom stereocenters. The zero-order chi connectivity index (χ0) is 22.3. The Hall–Kier alpha value is -3.61. The molecule has 0 aliphatic carbocycles. The average Bonchev–Trinajstić information content (AvgIpc) is 3.24. The van der Waals surface area contributed by atoms with E-state index < -0.39 is 0 Å². The van der Waals surface area contributed by atoms with Crippen LogP contribution in [0.2, 0.25) is 0 Å². The molecule has 7 nitrogen and oxygen atoms in total. The predicted molar refractivity (Wildman–Crippen MR) is 127 cm³/mol. The largest absolute Gasteiger partial charge is 0.493 e. The van der Waals surface area contributed by atoms with Gasteiger partial charge in [-0.1, -0.05) is 36.4 Å². The molecule has 0 spiro atoms. The number of ether oxygens (including phenoxy) is 2. The third kappa shape index (κ3) is 4.99. The summed E-state index contributed by atoms with van der Waals surface area (Å²) in [4.78, 5) is 23.2. The number of hydrogen-bond donors (Lipinski definition) is 1. The SMILES string of the molecule is COc1cc2nc(C=Cc3ccccc3)nc(NCCCN3CCCC3=O)c2cc1OC. The van der Waals surface area contributed by atoms with Crippen LogP contribution in [0.5, 0.6) is 11.5 Å². The molecule has 32 heavy (non-hydrogen) atoms. The predicted octanol–water partition coefficient (Wildman–Crippen LogP) is 4.24. The number of hydrogen-bond acceptors (Lipinski definition) is 6. The van der Waals surface area contributed by atoms with Gasteiger partial charge in [-0.15, -0.1) is 0 Å². The molecule has 0 bridgehead atoms. The Morgan fingerprint density at radius 3 is 2.56 bits per heavy atom. The quantitative estimate of drug-likeness (QED) is 0.510. The van der Waals surface area contributed by atoms with Crippen molar-refractivity contribution in [2.75, 3.05) is 39.2 Å². The molecule has 1 amide bonds. The minimum Gasteiger partial charge on any atom is -0.493 e. The first kappa shape index (κ1) is 21.6. The number of benzene rings is 2. The van der Waals surface area contributed by atoms with Crippen molar-refractivity contribution in [3.05, 3.63) is 53.9 Å². The van der Waals surface area contributed by atoms with Gasteiger partial charge in [0.15, 0.2) is 17.3 Å². The topological polar surface area (TPSA) is 76.6 Å². The summed E-state index contributed by atoms with van der Waals surface area (Å²) in [6.07, 6.45) is 6.37. The highest BCUT2D eigenvalue weighted by Crippen LogP contribution is 2.34. The van der Waals surface area contributed by atoms with Gasteiger partial charge in [0.2, 0.25) is 5.91 Å². The van der Waals surface area contributed by atoms with E-state index in [0.717, 1.165) is 48.2 Å². The lowest BCUT2D eigenvalue weighted by atomic mass is 10.2. The Labute approximate surface area is 188 Å². The van der Waals surface area contributed by atoms with Crippen LogP contribution in [0, 0.1) is 0 Å². The highest BCUT2D eigenvalue weighted by molar-refractivity contribution is 5.92. The lowest BCUT2D eigenvalue weighted by Gasteiger charge is -2.16. The first-order chi connectivity index (χ1) is 15.7. The lowest BCUT2D eigenvalue weighted by Crippen LogP contribution is -2.27. The molecule has 7 heteroatoms. The standard InChI is InChI=1S/C25H28N4O3/c1-31-21-16-19-20(17-22(21)32-2)27-23(12-11-18-8-4-3-5-9-18)28-25(19)26-13-7-15-29-14-6-10-24(29)30/h3-5,8-9,11-12,16-17H,6-7,10,13-15H2,1-2H3,(H,26,27,28). The van der Waals surface area contributed by atoms with Crippen molar-refractivity contribution in [2.24, 2.45) is 0 Å². The van der Waals surface area contributed by atoms with Gasteiger partial charge in [-0.05, 0) is 30.5 Å². The Balaban J connectivity index is 1.59. The fourth-order valence-electron chi connectivity index (χ4n) is 3.83. The molecule has 4 rings (SSSR count). The second-order valence-electron chi connectivity index (χ2n) is 7.66. The molecule has 1 aliphatic rings. The van der Waals surface area contributed by atoms with Crippen molar-refractivity contribution in [1.82, 2.24) is 14.9 Å². The van der Waals surface area contributed by atoms with Crippen LogP contribution >= 0.6 is 0 Å². The summed E-state index contributed by atoms with van der Waals surface area (Å²) < 4.78 is 10.9. The molecule has 2 aromatic carbocycles. The van der Waals surface area contributed by atoms with Crippen LogP contribution in [-0.2, 0) is 4.79 Å². The Kier molecular flexibility index (Phi) is 6.84. The number of anilines is 1. The van der Waals surface area contributed by atoms with Crippen LogP contribution in [0.25, 0.3) is 23.1 Å². The van der Waals surface area contributed by atoms with E-state index in [-0.39, 0.29) is 5.91 Å². The summed E-state index contributed by atoms with van der Waals surface area (Å²) >= 11 is 0. The fraction of sp³-hybridized carbons (Fsp3) is 0.320. The molecule has 1 aliphatic heterocycles. The molecule has 3 aromatic rings. The Morgan fingerprint density at radius 1 is 1.06 bits per heavy atom. The fourth-order valence-corrected chi connectivity index (χ4v) is 3.83. The number of nitrogens with one attached hydrogen (secondary N) is 1. The van der Waals surface area contributed by atoms with E-state index in [1.807, 2.05) is 59.5 Å². The van der Waals surface area contributed by atoms with Crippen LogP contribution in [0.15, 0.2) is 42.5 Å². The molecular weight excluding hydrogens is 404 g/mol. The molecule has 1 aromatic heterocycles. The van der Waals surface area contributed by atoms with Crippen molar-refractivity contribution in [3.63, 3.8) is 0 Å². The van der Waals surface area contributed by atoms with Gasteiger partial charge >= 0.3 is 0 Å². The van der Waals surface area contributed by atoms with Crippen molar-refractivity contribution >= 4 is 34.8 Å². The number of nitrogens with zero attached hydrogens (tertiary/aromatic N) is 3. The molecular formula is C25H28N4O3. The van der Waals surface area contributed by atoms with E-state index in [2.05, 4.69) is 5.32 Å². The van der Waals surface area contributed by atoms with Gasteiger partial charge in [-0.3, -0.25) is 4.79 Å². The smallest absolute Gasteiger partial charge is 0.222 e. The average molecular weight is 433 g/mol. The highest BCUT2D eigenvalue weighted by atomic mass is 16.5. The molecule has 1 fully saturated rings. The summed E-state index contributed by atoms with van der Waals surface area (Å²) in [5, 5.41) is 4.29. The van der Waals surface area contributed by atoms with Crippen molar-refractivity contribution < 1.29 is 14.3 Å². The van der Waals surface area contributed by atoms with Gasteiger partial charge in [-0.25, -0.2) is 9.97 Å². The van der Waals surface area contributed by atoms with Crippen molar-refractivity contribution in [3.8, 4) is 11.5 Å². The van der Waals surface area contributed by atoms with Crippen molar-refractivity contribution in [2.45, 2.75) is 19.3 Å². The van der Waals surface area contributed by atoms with Crippen LogP contribution in [0.3, 0.4) is 0 Å². The highest BCUT2D eigenvalue weighted by Gasteiger charge is 2.19. The minimum atomic E-state index is 0.252. The summed E-state index contributed by atoms with van der Waals surface area (Å²) in [6.45, 7) is 2.32. The molecule has 2 heterocycles. The Morgan fingerprint density at radius 2 is 1.84 bits per heavy atom. The number of amides is 1. The molecule has 1 N–H and O–H groups in total. The van der Waals surface area contributed by atoms with Crippen LogP contribution in [0.4, 0.5) is 5.82 Å². The summed E-state index contributed by atoms with van der Waals surface area (Å²) in [7, 11) is 3.22. The van der Waals surface area contributed by atoms with E-state index in [9.17, 15) is 4.79 Å². The van der Waals surface area contributed by atoms with Gasteiger partial charge in [0.1, 0.15) is 5.82 Å². The molecule has 0 saturated carbocycles. The van der Waals surface area contributed by atoms with Gasteiger partial charge < -0.3 is 19.7 Å². The van der Waals surface area contributed by atoms with Crippen LogP contribution in [-0.4, -0.2) is 54.6 Å². The second-order valence-corrected chi connectivity index (χ2v) is 7.66. The maximum Gasteiger partial charge on any atom is 0.222 e. The van der Waals surface area contributed by atoms with E-state index >= 15 is 0 Å². The molecule has 0 radical (unpaired) electrons. The van der Waals surface area contributed by atoms with E-state index in [1.54, 1.807) is 14.2 Å². The third-order valence-corrected chi connectivity index (χ3v) is 5.51. The number of rotatable bonds is 9. The third-order valence-electron chi connectivity index (χ3n) is 5.51. The van der Waals surface area contributed by atoms with Crippen LogP contribution in [0.1, 0.15) is 30.7 Å². The molecule has 1 saturated heterocycles. The Bertz CT molecular complexity index is 1120. The van der Waals surface area contributed by atoms with Crippen molar-refractivity contribution in [1.29, 1.82) is 0 Å². The molecule has 166 valence electrons. The summed E-state index contributed by atoms with van der Waals surface area (Å²) in [5.74, 6) is 2.84. The number of carbonyl (C=O) groups is 1. The van der Waals surface area contributed by atoms with E-state index in [1.165, 1.54) is 0 Å². The van der Waals surface area contributed by atoms with Gasteiger partial charge in [0.25, 0.3) is 0 Å². The number of fused-ring (bicyclic) bond motifs is 1. The van der Waals surface area contributed by atoms with E-state index in [4.69, 9.17) is 19.4 Å². The first-order valence-electron chi connectivity index (χ1n) is 10.9.